The topological polar surface area (TPSA) is 85.7 Å². The molecule has 8 heteroatoms. The van der Waals surface area contributed by atoms with E-state index in [0.717, 1.165) is 5.56 Å². The van der Waals surface area contributed by atoms with E-state index in [1.54, 1.807) is 24.3 Å². The summed E-state index contributed by atoms with van der Waals surface area (Å²) in [5.74, 6) is -0.00898. The van der Waals surface area contributed by atoms with Gasteiger partial charge in [0.1, 0.15) is 11.6 Å². The minimum atomic E-state index is -1.48. The lowest BCUT2D eigenvalue weighted by molar-refractivity contribution is 0.102. The Morgan fingerprint density at radius 2 is 1.75 bits per heavy atom. The molecule has 0 atom stereocenters. The molecule has 1 heterocycles. The van der Waals surface area contributed by atoms with Crippen LogP contribution in [0.15, 0.2) is 66.9 Å². The zero-order valence-electron chi connectivity index (χ0n) is 15.2. The Balaban J connectivity index is 1.62. The Bertz CT molecular complexity index is 932. The Kier molecular flexibility index (Phi) is 6.03. The molecular formula is C20H19BFN3O3. The summed E-state index contributed by atoms with van der Waals surface area (Å²) in [7, 11) is 0.386. The zero-order chi connectivity index (χ0) is 20.1. The highest BCUT2D eigenvalue weighted by Gasteiger charge is 2.11. The van der Waals surface area contributed by atoms with Crippen LogP contribution in [0.5, 0.6) is 0 Å². The number of anilines is 2. The van der Waals surface area contributed by atoms with Gasteiger partial charge in [0.25, 0.3) is 5.91 Å². The molecule has 0 aliphatic rings. The first-order valence-corrected chi connectivity index (χ1v) is 8.61. The number of halogens is 1. The second-order valence-corrected chi connectivity index (χ2v) is 6.34. The van der Waals surface area contributed by atoms with Gasteiger partial charge in [-0.2, -0.15) is 0 Å². The largest absolute Gasteiger partial charge is 0.488 e. The zero-order valence-corrected chi connectivity index (χ0v) is 15.2. The number of carbonyl (C=O) groups is 1. The van der Waals surface area contributed by atoms with Gasteiger partial charge in [0.2, 0.25) is 0 Å². The molecule has 3 rings (SSSR count). The molecule has 3 aromatic rings. The normalized spacial score (nSPS) is 10.4. The fourth-order valence-corrected chi connectivity index (χ4v) is 2.63. The average molecular weight is 379 g/mol. The van der Waals surface area contributed by atoms with E-state index in [2.05, 4.69) is 10.3 Å². The lowest BCUT2D eigenvalue weighted by atomic mass is 9.80. The summed E-state index contributed by atoms with van der Waals surface area (Å²) in [6, 6.07) is 15.9. The monoisotopic (exact) mass is 379 g/mol. The number of rotatable bonds is 6. The molecule has 2 aromatic carbocycles. The molecule has 0 unspecified atom stereocenters. The summed E-state index contributed by atoms with van der Waals surface area (Å²) >= 11 is 0. The van der Waals surface area contributed by atoms with Gasteiger partial charge in [-0.15, -0.1) is 0 Å². The van der Waals surface area contributed by atoms with Gasteiger partial charge in [-0.1, -0.05) is 24.3 Å². The van der Waals surface area contributed by atoms with E-state index in [-0.39, 0.29) is 11.7 Å². The van der Waals surface area contributed by atoms with E-state index in [4.69, 9.17) is 10.0 Å². The van der Waals surface area contributed by atoms with Gasteiger partial charge in [0.15, 0.2) is 0 Å². The summed E-state index contributed by atoms with van der Waals surface area (Å²) in [5.41, 5.74) is 2.31. The van der Waals surface area contributed by atoms with Crippen LogP contribution in [0.2, 0.25) is 0 Å². The highest BCUT2D eigenvalue weighted by Crippen LogP contribution is 2.15. The van der Waals surface area contributed by atoms with Crippen LogP contribution in [0.3, 0.4) is 0 Å². The molecular weight excluding hydrogens is 360 g/mol. The van der Waals surface area contributed by atoms with Crippen molar-refractivity contribution in [3.05, 3.63) is 83.8 Å². The van der Waals surface area contributed by atoms with Crippen LogP contribution < -0.4 is 15.7 Å². The maximum Gasteiger partial charge on any atom is 0.488 e. The molecule has 0 saturated carbocycles. The number of pyridine rings is 1. The summed E-state index contributed by atoms with van der Waals surface area (Å²) in [5, 5.41) is 21.0. The molecule has 6 nitrogen and oxygen atoms in total. The van der Waals surface area contributed by atoms with Crippen LogP contribution in [-0.2, 0) is 6.54 Å². The van der Waals surface area contributed by atoms with Crippen molar-refractivity contribution in [1.29, 1.82) is 0 Å². The van der Waals surface area contributed by atoms with Gasteiger partial charge in [-0.25, -0.2) is 9.37 Å². The Labute approximate surface area is 162 Å². The molecule has 1 aromatic heterocycles. The van der Waals surface area contributed by atoms with Gasteiger partial charge >= 0.3 is 7.12 Å². The summed E-state index contributed by atoms with van der Waals surface area (Å²) in [6.45, 7) is 0.565. The first-order chi connectivity index (χ1) is 13.4. The van der Waals surface area contributed by atoms with E-state index < -0.39 is 7.12 Å². The highest BCUT2D eigenvalue weighted by molar-refractivity contribution is 6.58. The van der Waals surface area contributed by atoms with Crippen molar-refractivity contribution in [2.24, 2.45) is 0 Å². The maximum atomic E-state index is 12.9. The maximum absolute atomic E-state index is 12.9. The number of carbonyl (C=O) groups excluding carboxylic acids is 1. The molecule has 0 radical (unpaired) electrons. The SMILES string of the molecule is CN(Cc1ccc(B(O)O)cc1)c1ccc(C(=O)Nc2ccc(F)cc2)cn1. The van der Waals surface area contributed by atoms with Crippen molar-refractivity contribution in [3.63, 3.8) is 0 Å². The van der Waals surface area contributed by atoms with E-state index in [1.165, 1.54) is 30.5 Å². The average Bonchev–Trinajstić information content (AvgIpc) is 2.70. The molecule has 0 bridgehead atoms. The van der Waals surface area contributed by atoms with E-state index >= 15 is 0 Å². The van der Waals surface area contributed by atoms with Gasteiger partial charge in [0.05, 0.1) is 5.56 Å². The van der Waals surface area contributed by atoms with Crippen molar-refractivity contribution in [1.82, 2.24) is 4.98 Å². The summed E-state index contributed by atoms with van der Waals surface area (Å²) in [6.07, 6.45) is 1.48. The third-order valence-electron chi connectivity index (χ3n) is 4.20. The number of benzene rings is 2. The first-order valence-electron chi connectivity index (χ1n) is 8.61. The van der Waals surface area contributed by atoms with Crippen LogP contribution in [-0.4, -0.2) is 35.1 Å². The predicted octanol–water partition coefficient (Wildman–Crippen LogP) is 1.79. The number of amides is 1. The molecule has 0 aliphatic heterocycles. The number of nitrogens with zero attached hydrogens (tertiary/aromatic N) is 2. The second kappa shape index (κ2) is 8.64. The van der Waals surface area contributed by atoms with Crippen molar-refractivity contribution in [3.8, 4) is 0 Å². The summed E-state index contributed by atoms with van der Waals surface area (Å²) in [4.78, 5) is 18.5. The van der Waals surface area contributed by atoms with Crippen LogP contribution in [0, 0.1) is 5.82 Å². The first kappa shape index (κ1) is 19.5. The van der Waals surface area contributed by atoms with Crippen LogP contribution >= 0.6 is 0 Å². The minimum absolute atomic E-state index is 0.327. The third-order valence-corrected chi connectivity index (χ3v) is 4.20. The molecule has 0 saturated heterocycles. The third kappa shape index (κ3) is 4.94. The number of nitrogens with one attached hydrogen (secondary N) is 1. The fraction of sp³-hybridized carbons (Fsp3) is 0.100. The number of aromatic nitrogens is 1. The molecule has 0 fully saturated rings. The Hall–Kier alpha value is -3.23. The lowest BCUT2D eigenvalue weighted by Crippen LogP contribution is -2.29. The van der Waals surface area contributed by atoms with E-state index in [9.17, 15) is 9.18 Å². The van der Waals surface area contributed by atoms with Crippen molar-refractivity contribution in [2.75, 3.05) is 17.3 Å². The van der Waals surface area contributed by atoms with E-state index in [0.29, 0.717) is 29.1 Å². The summed E-state index contributed by atoms with van der Waals surface area (Å²) < 4.78 is 12.9. The Morgan fingerprint density at radius 1 is 1.07 bits per heavy atom. The molecule has 1 amide bonds. The fourth-order valence-electron chi connectivity index (χ4n) is 2.63. The second-order valence-electron chi connectivity index (χ2n) is 6.34. The van der Waals surface area contributed by atoms with Crippen molar-refractivity contribution in [2.45, 2.75) is 6.54 Å². The molecule has 0 aliphatic carbocycles. The standard InChI is InChI=1S/C20H19BFN3O3/c1-25(13-14-2-5-16(6-3-14)21(27)28)19-11-4-15(12-23-19)20(26)24-18-9-7-17(22)8-10-18/h2-12,27-28H,13H2,1H3,(H,24,26). The smallest absolute Gasteiger partial charge is 0.423 e. The van der Waals surface area contributed by atoms with Crippen LogP contribution in [0.1, 0.15) is 15.9 Å². The van der Waals surface area contributed by atoms with Crippen molar-refractivity contribution >= 4 is 30.0 Å². The molecule has 142 valence electrons. The van der Waals surface area contributed by atoms with Crippen LogP contribution in [0.4, 0.5) is 15.9 Å². The Morgan fingerprint density at radius 3 is 2.32 bits per heavy atom. The van der Waals surface area contributed by atoms with Crippen LogP contribution in [0.25, 0.3) is 0 Å². The highest BCUT2D eigenvalue weighted by atomic mass is 19.1. The van der Waals surface area contributed by atoms with Gasteiger partial charge in [-0.3, -0.25) is 4.79 Å². The van der Waals surface area contributed by atoms with E-state index in [1.807, 2.05) is 24.1 Å². The molecule has 3 N–H and O–H groups in total. The van der Waals surface area contributed by atoms with Gasteiger partial charge in [-0.05, 0) is 47.4 Å². The molecule has 0 spiro atoms. The van der Waals surface area contributed by atoms with Crippen molar-refractivity contribution < 1.29 is 19.2 Å². The minimum Gasteiger partial charge on any atom is -0.423 e. The lowest BCUT2D eigenvalue weighted by Gasteiger charge is -2.18. The van der Waals surface area contributed by atoms with Gasteiger partial charge < -0.3 is 20.3 Å². The molecule has 28 heavy (non-hydrogen) atoms. The quantitative estimate of drug-likeness (QED) is 0.569. The van der Waals surface area contributed by atoms with Gasteiger partial charge in [0, 0.05) is 25.5 Å². The number of hydrogen-bond donors (Lipinski definition) is 3. The number of hydrogen-bond acceptors (Lipinski definition) is 5. The predicted molar refractivity (Wildman–Crippen MR) is 107 cm³/mol.